The third-order valence-electron chi connectivity index (χ3n) is 2.53. The highest BCUT2D eigenvalue weighted by Crippen LogP contribution is 2.36. The molecule has 84 valence electrons. The summed E-state index contributed by atoms with van der Waals surface area (Å²) in [7, 11) is 0. The molecule has 0 amide bonds. The Morgan fingerprint density at radius 1 is 1.38 bits per heavy atom. The SMILES string of the molecule is Cc1ccc2c(Cl)c(C(=O)C(C)C)sc2c1. The largest absolute Gasteiger partial charge is 0.293 e. The number of benzene rings is 1. The molecule has 0 fully saturated rings. The molecule has 0 bridgehead atoms. The molecule has 1 aromatic carbocycles. The summed E-state index contributed by atoms with van der Waals surface area (Å²) in [5, 5.41) is 1.60. The quantitative estimate of drug-likeness (QED) is 0.708. The monoisotopic (exact) mass is 252 g/mol. The molecule has 1 nitrogen and oxygen atoms in total. The lowest BCUT2D eigenvalue weighted by Gasteiger charge is -2.00. The second-order valence-corrected chi connectivity index (χ2v) is 5.69. The summed E-state index contributed by atoms with van der Waals surface area (Å²) in [6, 6.07) is 6.08. The van der Waals surface area contributed by atoms with Gasteiger partial charge in [0, 0.05) is 16.0 Å². The zero-order valence-electron chi connectivity index (χ0n) is 9.50. The summed E-state index contributed by atoms with van der Waals surface area (Å²) >= 11 is 7.73. The molecule has 1 aromatic heterocycles. The highest BCUT2D eigenvalue weighted by molar-refractivity contribution is 7.21. The van der Waals surface area contributed by atoms with Gasteiger partial charge in [-0.25, -0.2) is 0 Å². The first-order valence-electron chi connectivity index (χ1n) is 5.23. The fraction of sp³-hybridized carbons (Fsp3) is 0.308. The number of hydrogen-bond donors (Lipinski definition) is 0. The van der Waals surface area contributed by atoms with Gasteiger partial charge < -0.3 is 0 Å². The Hall–Kier alpha value is -0.860. The summed E-state index contributed by atoms with van der Waals surface area (Å²) < 4.78 is 1.09. The van der Waals surface area contributed by atoms with Crippen LogP contribution in [0.4, 0.5) is 0 Å². The second-order valence-electron chi connectivity index (χ2n) is 4.26. The van der Waals surface area contributed by atoms with Crippen LogP contribution >= 0.6 is 22.9 Å². The molecule has 2 rings (SSSR count). The number of ketones is 1. The summed E-state index contributed by atoms with van der Waals surface area (Å²) in [5.74, 6) is 0.121. The number of carbonyl (C=O) groups excluding carboxylic acids is 1. The molecule has 0 unspecified atom stereocenters. The molecule has 0 saturated heterocycles. The van der Waals surface area contributed by atoms with Crippen molar-refractivity contribution in [3.63, 3.8) is 0 Å². The van der Waals surface area contributed by atoms with E-state index in [9.17, 15) is 4.79 Å². The molecule has 0 atom stereocenters. The summed E-state index contributed by atoms with van der Waals surface area (Å²) in [4.78, 5) is 12.6. The van der Waals surface area contributed by atoms with E-state index < -0.39 is 0 Å². The molecule has 0 aliphatic rings. The summed E-state index contributed by atoms with van der Waals surface area (Å²) in [6.45, 7) is 5.83. The molecule has 0 aliphatic carbocycles. The molecule has 3 heteroatoms. The third-order valence-corrected chi connectivity index (χ3v) is 4.20. The van der Waals surface area contributed by atoms with E-state index in [4.69, 9.17) is 11.6 Å². The summed E-state index contributed by atoms with van der Waals surface area (Å²) in [5.41, 5.74) is 1.19. The Bertz CT molecular complexity index is 554. The standard InChI is InChI=1S/C13H13ClOS/c1-7(2)12(15)13-11(14)9-5-4-8(3)6-10(9)16-13/h4-7H,1-3H3. The maximum absolute atomic E-state index is 11.9. The van der Waals surface area contributed by atoms with Gasteiger partial charge in [-0.05, 0) is 18.6 Å². The van der Waals surface area contributed by atoms with E-state index in [1.165, 1.54) is 16.9 Å². The number of fused-ring (bicyclic) bond motifs is 1. The fourth-order valence-corrected chi connectivity index (χ4v) is 3.30. The van der Waals surface area contributed by atoms with E-state index in [1.54, 1.807) is 0 Å². The molecule has 0 aliphatic heterocycles. The fourth-order valence-electron chi connectivity index (χ4n) is 1.59. The molecule has 0 saturated carbocycles. The zero-order chi connectivity index (χ0) is 11.9. The lowest BCUT2D eigenvalue weighted by atomic mass is 10.1. The molecular weight excluding hydrogens is 240 g/mol. The molecule has 0 N–H and O–H groups in total. The predicted molar refractivity (Wildman–Crippen MR) is 70.7 cm³/mol. The second kappa shape index (κ2) is 4.19. The molecular formula is C13H13ClOS. The van der Waals surface area contributed by atoms with Crippen molar-refractivity contribution in [1.29, 1.82) is 0 Å². The number of thiophene rings is 1. The van der Waals surface area contributed by atoms with Crippen molar-refractivity contribution in [2.45, 2.75) is 20.8 Å². The Kier molecular flexibility index (Phi) is 3.04. The molecule has 0 radical (unpaired) electrons. The third kappa shape index (κ3) is 1.87. The van der Waals surface area contributed by atoms with Crippen LogP contribution in [0.2, 0.25) is 5.02 Å². The topological polar surface area (TPSA) is 17.1 Å². The lowest BCUT2D eigenvalue weighted by Crippen LogP contribution is -2.05. The van der Waals surface area contributed by atoms with E-state index in [2.05, 4.69) is 6.07 Å². The van der Waals surface area contributed by atoms with Gasteiger partial charge in [-0.2, -0.15) is 0 Å². The Morgan fingerprint density at radius 3 is 2.69 bits per heavy atom. The van der Waals surface area contributed by atoms with Crippen molar-refractivity contribution in [3.05, 3.63) is 33.7 Å². The molecule has 1 heterocycles. The van der Waals surface area contributed by atoms with E-state index in [0.29, 0.717) is 9.90 Å². The molecule has 0 spiro atoms. The smallest absolute Gasteiger partial charge is 0.176 e. The normalized spacial score (nSPS) is 11.3. The van der Waals surface area contributed by atoms with Crippen molar-refractivity contribution < 1.29 is 4.79 Å². The minimum Gasteiger partial charge on any atom is -0.293 e. The predicted octanol–water partition coefficient (Wildman–Crippen LogP) is 4.70. The lowest BCUT2D eigenvalue weighted by molar-refractivity contribution is 0.0943. The van der Waals surface area contributed by atoms with Crippen molar-refractivity contribution in [2.75, 3.05) is 0 Å². The van der Waals surface area contributed by atoms with Gasteiger partial charge in [0.2, 0.25) is 0 Å². The van der Waals surface area contributed by atoms with Gasteiger partial charge in [0.25, 0.3) is 0 Å². The first-order valence-corrected chi connectivity index (χ1v) is 6.43. The van der Waals surface area contributed by atoms with Crippen molar-refractivity contribution >= 4 is 38.8 Å². The van der Waals surface area contributed by atoms with E-state index >= 15 is 0 Å². The van der Waals surface area contributed by atoms with Crippen LogP contribution in [0.25, 0.3) is 10.1 Å². The van der Waals surface area contributed by atoms with Crippen LogP contribution < -0.4 is 0 Å². The summed E-state index contributed by atoms with van der Waals surface area (Å²) in [6.07, 6.45) is 0. The van der Waals surface area contributed by atoms with Crippen LogP contribution in [-0.2, 0) is 0 Å². The number of carbonyl (C=O) groups is 1. The number of aryl methyl sites for hydroxylation is 1. The van der Waals surface area contributed by atoms with Crippen LogP contribution in [0.15, 0.2) is 18.2 Å². The Morgan fingerprint density at radius 2 is 2.06 bits per heavy atom. The average molecular weight is 253 g/mol. The number of hydrogen-bond acceptors (Lipinski definition) is 2. The van der Waals surface area contributed by atoms with E-state index in [-0.39, 0.29) is 11.7 Å². The first kappa shape index (κ1) is 11.6. The van der Waals surface area contributed by atoms with Crippen molar-refractivity contribution in [3.8, 4) is 0 Å². The first-order chi connectivity index (χ1) is 7.50. The Labute approximate surface area is 104 Å². The average Bonchev–Trinajstić information content (AvgIpc) is 2.54. The number of rotatable bonds is 2. The molecule has 16 heavy (non-hydrogen) atoms. The van der Waals surface area contributed by atoms with Crippen molar-refractivity contribution in [1.82, 2.24) is 0 Å². The maximum Gasteiger partial charge on any atom is 0.176 e. The van der Waals surface area contributed by atoms with Gasteiger partial charge in [0.05, 0.1) is 9.90 Å². The highest BCUT2D eigenvalue weighted by Gasteiger charge is 2.19. The minimum atomic E-state index is -0.00772. The number of halogens is 1. The van der Waals surface area contributed by atoms with E-state index in [0.717, 1.165) is 10.1 Å². The van der Waals surface area contributed by atoms with Gasteiger partial charge in [0.15, 0.2) is 5.78 Å². The van der Waals surface area contributed by atoms with Crippen LogP contribution in [0.5, 0.6) is 0 Å². The van der Waals surface area contributed by atoms with Gasteiger partial charge in [-0.15, -0.1) is 11.3 Å². The highest BCUT2D eigenvalue weighted by atomic mass is 35.5. The van der Waals surface area contributed by atoms with Gasteiger partial charge in [-0.1, -0.05) is 37.6 Å². The zero-order valence-corrected chi connectivity index (χ0v) is 11.1. The minimum absolute atomic E-state index is 0.00772. The van der Waals surface area contributed by atoms with Crippen LogP contribution in [0.1, 0.15) is 29.1 Å². The van der Waals surface area contributed by atoms with Gasteiger partial charge in [0.1, 0.15) is 0 Å². The van der Waals surface area contributed by atoms with Gasteiger partial charge >= 0.3 is 0 Å². The number of Topliss-reactive ketones (excluding diaryl/α,β-unsaturated/α-hetero) is 1. The molecule has 2 aromatic rings. The van der Waals surface area contributed by atoms with Crippen LogP contribution in [0, 0.1) is 12.8 Å². The van der Waals surface area contributed by atoms with Gasteiger partial charge in [-0.3, -0.25) is 4.79 Å². The van der Waals surface area contributed by atoms with Crippen molar-refractivity contribution in [2.24, 2.45) is 5.92 Å². The van der Waals surface area contributed by atoms with E-state index in [1.807, 2.05) is 32.9 Å². The Balaban J connectivity index is 2.64. The van der Waals surface area contributed by atoms with Crippen LogP contribution in [0.3, 0.4) is 0 Å². The maximum atomic E-state index is 11.9. The van der Waals surface area contributed by atoms with Crippen LogP contribution in [-0.4, -0.2) is 5.78 Å².